The molecule has 0 bridgehead atoms. The van der Waals surface area contributed by atoms with E-state index in [4.69, 9.17) is 0 Å². The van der Waals surface area contributed by atoms with E-state index in [9.17, 15) is 27.6 Å². The maximum atomic E-state index is 13.8. The maximum Gasteiger partial charge on any atom is 0.573 e. The van der Waals surface area contributed by atoms with E-state index in [2.05, 4.69) is 14.9 Å². The Kier molecular flexibility index (Phi) is 7.20. The third kappa shape index (κ3) is 5.55. The lowest BCUT2D eigenvalue weighted by molar-refractivity contribution is -0.274. The second kappa shape index (κ2) is 10.6. The van der Waals surface area contributed by atoms with Gasteiger partial charge in [-0.2, -0.15) is 5.10 Å². The number of ketones is 2. The van der Waals surface area contributed by atoms with Crippen molar-refractivity contribution in [2.24, 2.45) is 5.92 Å². The molecule has 2 unspecified atom stereocenters. The standard InChI is InChI=1S/C29H26F3N3O4/c1-17-7-16-23(34-33-17)35-25(20-12-14-22(15-13-20)39-29(30,31)32)24(27(37)28(35)38)26(36)21-10-8-19(9-11-21)18-5-3-2-4-6-18/h7-16,18,24-25H,2-6H2,1H3. The van der Waals surface area contributed by atoms with E-state index in [-0.39, 0.29) is 16.9 Å². The highest BCUT2D eigenvalue weighted by Crippen LogP contribution is 2.41. The Labute approximate surface area is 223 Å². The monoisotopic (exact) mass is 537 g/mol. The quantitative estimate of drug-likeness (QED) is 0.221. The normalized spacial score (nSPS) is 20.4. The SMILES string of the molecule is Cc1ccc(N2C(=O)C(=O)C(C(=O)c3ccc(C4CCCCC4)cc3)C2c2ccc(OC(F)(F)F)cc2)nn1. The number of Topliss-reactive ketones (excluding diaryl/α,β-unsaturated/α-hetero) is 2. The first-order valence-electron chi connectivity index (χ1n) is 12.8. The number of amides is 1. The fourth-order valence-electron chi connectivity index (χ4n) is 5.44. The molecular weight excluding hydrogens is 511 g/mol. The van der Waals surface area contributed by atoms with Crippen LogP contribution in [0.25, 0.3) is 0 Å². The molecule has 1 aliphatic heterocycles. The fraction of sp³-hybridized carbons (Fsp3) is 0.345. The molecular formula is C29H26F3N3O4. The van der Waals surface area contributed by atoms with Crippen LogP contribution in [0.2, 0.25) is 0 Å². The minimum Gasteiger partial charge on any atom is -0.406 e. The summed E-state index contributed by atoms with van der Waals surface area (Å²) in [5.41, 5.74) is 2.27. The second-order valence-electron chi connectivity index (χ2n) is 9.93. The zero-order valence-electron chi connectivity index (χ0n) is 21.1. The third-order valence-corrected chi connectivity index (χ3v) is 7.35. The number of alkyl halides is 3. The van der Waals surface area contributed by atoms with E-state index in [1.807, 2.05) is 12.1 Å². The maximum absolute atomic E-state index is 13.8. The summed E-state index contributed by atoms with van der Waals surface area (Å²) in [4.78, 5) is 41.3. The van der Waals surface area contributed by atoms with Gasteiger partial charge in [0.15, 0.2) is 11.6 Å². The van der Waals surface area contributed by atoms with Gasteiger partial charge in [0.2, 0.25) is 5.78 Å². The Balaban J connectivity index is 1.51. The van der Waals surface area contributed by atoms with E-state index in [0.29, 0.717) is 11.6 Å². The second-order valence-corrected chi connectivity index (χ2v) is 9.93. The Bertz CT molecular complexity index is 1370. The highest BCUT2D eigenvalue weighted by molar-refractivity contribution is 6.48. The van der Waals surface area contributed by atoms with Crippen LogP contribution in [0.1, 0.15) is 71.2 Å². The molecule has 3 aromatic rings. The molecule has 2 fully saturated rings. The van der Waals surface area contributed by atoms with Crippen LogP contribution in [0.3, 0.4) is 0 Å². The van der Waals surface area contributed by atoms with E-state index < -0.39 is 41.5 Å². The number of aromatic nitrogens is 2. The Morgan fingerprint density at radius 3 is 2.10 bits per heavy atom. The predicted molar refractivity (Wildman–Crippen MR) is 135 cm³/mol. The number of rotatable bonds is 6. The van der Waals surface area contributed by atoms with Gasteiger partial charge in [-0.05, 0) is 61.1 Å². The molecule has 202 valence electrons. The van der Waals surface area contributed by atoms with Crippen molar-refractivity contribution in [3.05, 3.63) is 83.0 Å². The van der Waals surface area contributed by atoms with Crippen molar-refractivity contribution >= 4 is 23.3 Å². The topological polar surface area (TPSA) is 89.5 Å². The van der Waals surface area contributed by atoms with Crippen molar-refractivity contribution in [3.63, 3.8) is 0 Å². The van der Waals surface area contributed by atoms with Gasteiger partial charge in [0.25, 0.3) is 5.91 Å². The zero-order valence-corrected chi connectivity index (χ0v) is 21.1. The summed E-state index contributed by atoms with van der Waals surface area (Å²) in [5.74, 6) is -3.81. The van der Waals surface area contributed by atoms with Gasteiger partial charge in [-0.15, -0.1) is 18.3 Å². The van der Waals surface area contributed by atoms with Crippen molar-refractivity contribution in [2.75, 3.05) is 4.90 Å². The molecule has 1 saturated heterocycles. The average molecular weight is 538 g/mol. The van der Waals surface area contributed by atoms with Crippen LogP contribution >= 0.6 is 0 Å². The van der Waals surface area contributed by atoms with Crippen molar-refractivity contribution < 1.29 is 32.3 Å². The van der Waals surface area contributed by atoms with Crippen LogP contribution in [0, 0.1) is 12.8 Å². The van der Waals surface area contributed by atoms with Crippen molar-refractivity contribution in [3.8, 4) is 5.75 Å². The molecule has 2 aromatic carbocycles. The van der Waals surface area contributed by atoms with Crippen LogP contribution in [-0.2, 0) is 9.59 Å². The van der Waals surface area contributed by atoms with Gasteiger partial charge in [-0.3, -0.25) is 19.3 Å². The lowest BCUT2D eigenvalue weighted by Gasteiger charge is -2.26. The predicted octanol–water partition coefficient (Wildman–Crippen LogP) is 5.89. The first kappa shape index (κ1) is 26.5. The van der Waals surface area contributed by atoms with Crippen LogP contribution in [-0.4, -0.2) is 34.0 Å². The molecule has 0 radical (unpaired) electrons. The molecule has 5 rings (SSSR count). The zero-order chi connectivity index (χ0) is 27.7. The molecule has 2 atom stereocenters. The molecule has 7 nitrogen and oxygen atoms in total. The molecule has 1 aliphatic carbocycles. The lowest BCUT2D eigenvalue weighted by Crippen LogP contribution is -2.31. The number of anilines is 1. The van der Waals surface area contributed by atoms with Gasteiger partial charge in [-0.25, -0.2) is 0 Å². The van der Waals surface area contributed by atoms with Crippen molar-refractivity contribution in [2.45, 2.75) is 57.3 Å². The lowest BCUT2D eigenvalue weighted by atomic mass is 9.82. The molecule has 10 heteroatoms. The Hall–Kier alpha value is -4.08. The summed E-state index contributed by atoms with van der Waals surface area (Å²) in [6.45, 7) is 1.70. The van der Waals surface area contributed by atoms with Gasteiger partial charge in [-0.1, -0.05) is 55.7 Å². The summed E-state index contributed by atoms with van der Waals surface area (Å²) in [5, 5.41) is 8.00. The summed E-state index contributed by atoms with van der Waals surface area (Å²) >= 11 is 0. The summed E-state index contributed by atoms with van der Waals surface area (Å²) < 4.78 is 42.0. The van der Waals surface area contributed by atoms with Gasteiger partial charge < -0.3 is 4.74 Å². The largest absolute Gasteiger partial charge is 0.573 e. The molecule has 1 amide bonds. The minimum atomic E-state index is -4.88. The van der Waals surface area contributed by atoms with E-state index in [0.717, 1.165) is 48.3 Å². The summed E-state index contributed by atoms with van der Waals surface area (Å²) in [6.07, 6.45) is 0.841. The van der Waals surface area contributed by atoms with Crippen LogP contribution in [0.15, 0.2) is 60.7 Å². The number of carbonyl (C=O) groups is 3. The number of halogens is 3. The van der Waals surface area contributed by atoms with Crippen LogP contribution in [0.4, 0.5) is 19.0 Å². The molecule has 0 N–H and O–H groups in total. The van der Waals surface area contributed by atoms with Crippen LogP contribution in [0.5, 0.6) is 5.75 Å². The Morgan fingerprint density at radius 1 is 0.872 bits per heavy atom. The Morgan fingerprint density at radius 2 is 1.51 bits per heavy atom. The first-order valence-corrected chi connectivity index (χ1v) is 12.8. The molecule has 0 spiro atoms. The number of ether oxygens (including phenoxy) is 1. The molecule has 2 heterocycles. The number of hydrogen-bond donors (Lipinski definition) is 0. The minimum absolute atomic E-state index is 0.0579. The highest BCUT2D eigenvalue weighted by Gasteiger charge is 2.53. The first-order chi connectivity index (χ1) is 18.6. The van der Waals surface area contributed by atoms with E-state index in [1.165, 1.54) is 24.6 Å². The molecule has 2 aliphatic rings. The smallest absolute Gasteiger partial charge is 0.406 e. The van der Waals surface area contributed by atoms with Gasteiger partial charge in [0.05, 0.1) is 11.7 Å². The van der Waals surface area contributed by atoms with Crippen molar-refractivity contribution in [1.29, 1.82) is 0 Å². The number of hydrogen-bond acceptors (Lipinski definition) is 6. The number of benzene rings is 2. The molecule has 1 aromatic heterocycles. The van der Waals surface area contributed by atoms with Crippen LogP contribution < -0.4 is 9.64 Å². The number of nitrogens with zero attached hydrogens (tertiary/aromatic N) is 3. The van der Waals surface area contributed by atoms with E-state index >= 15 is 0 Å². The highest BCUT2D eigenvalue weighted by atomic mass is 19.4. The fourth-order valence-corrected chi connectivity index (χ4v) is 5.44. The molecule has 1 saturated carbocycles. The van der Waals surface area contributed by atoms with E-state index in [1.54, 1.807) is 25.1 Å². The van der Waals surface area contributed by atoms with Gasteiger partial charge in [0, 0.05) is 5.56 Å². The number of aryl methyl sites for hydroxylation is 1. The van der Waals surface area contributed by atoms with Gasteiger partial charge >= 0.3 is 6.36 Å². The van der Waals surface area contributed by atoms with Crippen molar-refractivity contribution in [1.82, 2.24) is 10.2 Å². The third-order valence-electron chi connectivity index (χ3n) is 7.35. The van der Waals surface area contributed by atoms with Gasteiger partial charge in [0.1, 0.15) is 11.7 Å². The summed E-state index contributed by atoms with van der Waals surface area (Å²) in [7, 11) is 0. The summed E-state index contributed by atoms with van der Waals surface area (Å²) in [6, 6.07) is 13.9. The molecule has 39 heavy (non-hydrogen) atoms. The number of carbonyl (C=O) groups excluding carboxylic acids is 3. The average Bonchev–Trinajstić information content (AvgIpc) is 3.19.